The van der Waals surface area contributed by atoms with Gasteiger partial charge in [0.25, 0.3) is 0 Å². The fourth-order valence-electron chi connectivity index (χ4n) is 1.75. The maximum Gasteiger partial charge on any atom is 0.233 e. The van der Waals surface area contributed by atoms with E-state index in [-0.39, 0.29) is 5.75 Å². The van der Waals surface area contributed by atoms with Crippen LogP contribution in [0, 0.1) is 5.92 Å². The van der Waals surface area contributed by atoms with Crippen molar-refractivity contribution in [3.8, 4) is 5.75 Å². The number of nitrogens with one attached hydrogen (secondary N) is 1. The lowest BCUT2D eigenvalue weighted by Crippen LogP contribution is -2.18. The Morgan fingerprint density at radius 1 is 1.44 bits per heavy atom. The van der Waals surface area contributed by atoms with Gasteiger partial charge >= 0.3 is 0 Å². The quantitative estimate of drug-likeness (QED) is 0.816. The second-order valence-corrected chi connectivity index (χ2v) is 6.33. The van der Waals surface area contributed by atoms with E-state index >= 15 is 0 Å². The van der Waals surface area contributed by atoms with E-state index in [1.807, 2.05) is 0 Å². The first kappa shape index (κ1) is 13.2. The van der Waals surface area contributed by atoms with Crippen molar-refractivity contribution in [3.05, 3.63) is 23.8 Å². The van der Waals surface area contributed by atoms with Gasteiger partial charge in [-0.05, 0) is 36.5 Å². The molecule has 6 heteroatoms. The Morgan fingerprint density at radius 2 is 2.17 bits per heavy atom. The average molecular weight is 270 g/mol. The first-order valence-electron chi connectivity index (χ1n) is 5.91. The molecule has 1 aromatic carbocycles. The lowest BCUT2D eigenvalue weighted by molar-refractivity contribution is 0.416. The van der Waals surface area contributed by atoms with E-state index in [2.05, 4.69) is 4.72 Å². The third kappa shape index (κ3) is 3.36. The molecule has 1 aromatic rings. The molecule has 0 bridgehead atoms. The highest BCUT2D eigenvalue weighted by Gasteiger charge is 2.28. The minimum absolute atomic E-state index is 0.189. The molecule has 1 saturated carbocycles. The molecule has 1 aliphatic carbocycles. The molecule has 2 rings (SSSR count). The molecule has 5 nitrogen and oxygen atoms in total. The van der Waals surface area contributed by atoms with Gasteiger partial charge < -0.3 is 10.5 Å². The van der Waals surface area contributed by atoms with Gasteiger partial charge in [-0.1, -0.05) is 6.07 Å². The Bertz CT molecular complexity index is 524. The monoisotopic (exact) mass is 270 g/mol. The van der Waals surface area contributed by atoms with Gasteiger partial charge in [-0.2, -0.15) is 0 Å². The fourth-order valence-corrected chi connectivity index (χ4v) is 3.29. The van der Waals surface area contributed by atoms with Crippen LogP contribution in [0.15, 0.2) is 18.2 Å². The topological polar surface area (TPSA) is 81.4 Å². The van der Waals surface area contributed by atoms with E-state index in [4.69, 9.17) is 10.5 Å². The number of ether oxygens (including phenoxy) is 1. The Labute approximate surface area is 107 Å². The van der Waals surface area contributed by atoms with E-state index in [9.17, 15) is 8.42 Å². The SMILES string of the molecule is COc1cc(CN)ccc1NS(=O)(=O)CC1CC1. The summed E-state index contributed by atoms with van der Waals surface area (Å²) < 4.78 is 31.5. The Kier molecular flexibility index (Phi) is 3.77. The highest BCUT2D eigenvalue weighted by molar-refractivity contribution is 7.92. The summed E-state index contributed by atoms with van der Waals surface area (Å²) in [5, 5.41) is 0. The number of anilines is 1. The Balaban J connectivity index is 2.16. The molecule has 1 fully saturated rings. The van der Waals surface area contributed by atoms with Crippen LogP contribution in [0.5, 0.6) is 5.75 Å². The zero-order valence-corrected chi connectivity index (χ0v) is 11.2. The molecule has 0 unspecified atom stereocenters. The van der Waals surface area contributed by atoms with Crippen molar-refractivity contribution in [2.24, 2.45) is 11.7 Å². The highest BCUT2D eigenvalue weighted by Crippen LogP contribution is 2.32. The number of nitrogens with two attached hydrogens (primary N) is 1. The minimum Gasteiger partial charge on any atom is -0.495 e. The van der Waals surface area contributed by atoms with Gasteiger partial charge in [0, 0.05) is 6.54 Å². The van der Waals surface area contributed by atoms with Crippen LogP contribution in [-0.4, -0.2) is 21.3 Å². The molecule has 0 saturated heterocycles. The predicted octanol–water partition coefficient (Wildman–Crippen LogP) is 1.31. The summed E-state index contributed by atoms with van der Waals surface area (Å²) in [6.07, 6.45) is 2.01. The Morgan fingerprint density at radius 3 is 2.72 bits per heavy atom. The normalized spacial score (nSPS) is 15.4. The lowest BCUT2D eigenvalue weighted by atomic mass is 10.2. The van der Waals surface area contributed by atoms with Gasteiger partial charge in [-0.25, -0.2) is 8.42 Å². The summed E-state index contributed by atoms with van der Waals surface area (Å²) in [5.74, 6) is 1.00. The maximum atomic E-state index is 11.9. The standard InChI is InChI=1S/C12H18N2O3S/c1-17-12-6-10(7-13)4-5-11(12)14-18(15,16)8-9-2-3-9/h4-6,9,14H,2-3,7-8,13H2,1H3. The second kappa shape index (κ2) is 5.16. The van der Waals surface area contributed by atoms with Crippen molar-refractivity contribution in [3.63, 3.8) is 0 Å². The number of hydrogen-bond acceptors (Lipinski definition) is 4. The molecule has 1 aliphatic rings. The molecule has 3 N–H and O–H groups in total. The third-order valence-electron chi connectivity index (χ3n) is 2.92. The molecule has 18 heavy (non-hydrogen) atoms. The average Bonchev–Trinajstić information content (AvgIpc) is 3.12. The zero-order valence-electron chi connectivity index (χ0n) is 10.3. The lowest BCUT2D eigenvalue weighted by Gasteiger charge is -2.12. The molecular weight excluding hydrogens is 252 g/mol. The van der Waals surface area contributed by atoms with Crippen LogP contribution in [0.25, 0.3) is 0 Å². The van der Waals surface area contributed by atoms with Crippen LogP contribution in [0.4, 0.5) is 5.69 Å². The van der Waals surface area contributed by atoms with Crippen molar-refractivity contribution in [1.29, 1.82) is 0 Å². The van der Waals surface area contributed by atoms with Gasteiger partial charge in [0.15, 0.2) is 0 Å². The zero-order chi connectivity index (χ0) is 13.2. The van der Waals surface area contributed by atoms with E-state index in [0.717, 1.165) is 18.4 Å². The van der Waals surface area contributed by atoms with Gasteiger partial charge in [0.2, 0.25) is 10.0 Å². The maximum absolute atomic E-state index is 11.9. The summed E-state index contributed by atoms with van der Waals surface area (Å²) in [6.45, 7) is 0.394. The van der Waals surface area contributed by atoms with Crippen LogP contribution in [0.2, 0.25) is 0 Å². The van der Waals surface area contributed by atoms with Crippen molar-refractivity contribution >= 4 is 15.7 Å². The number of hydrogen-bond donors (Lipinski definition) is 2. The summed E-state index contributed by atoms with van der Waals surface area (Å²) in [4.78, 5) is 0. The fraction of sp³-hybridized carbons (Fsp3) is 0.500. The summed E-state index contributed by atoms with van der Waals surface area (Å²) in [6, 6.07) is 5.22. The number of methoxy groups -OCH3 is 1. The second-order valence-electron chi connectivity index (χ2n) is 4.57. The molecular formula is C12H18N2O3S. The molecule has 100 valence electrons. The van der Waals surface area contributed by atoms with E-state index < -0.39 is 10.0 Å². The third-order valence-corrected chi connectivity index (χ3v) is 4.36. The summed E-state index contributed by atoms with van der Waals surface area (Å²) in [5.41, 5.74) is 6.90. The number of rotatable bonds is 6. The summed E-state index contributed by atoms with van der Waals surface area (Å²) in [7, 11) is -1.78. The Hall–Kier alpha value is -1.27. The van der Waals surface area contributed by atoms with Crippen LogP contribution in [0.3, 0.4) is 0 Å². The van der Waals surface area contributed by atoms with E-state index in [1.165, 1.54) is 7.11 Å². The van der Waals surface area contributed by atoms with Crippen LogP contribution >= 0.6 is 0 Å². The molecule has 0 atom stereocenters. The predicted molar refractivity (Wildman–Crippen MR) is 71.0 cm³/mol. The van der Waals surface area contributed by atoms with Crippen LogP contribution < -0.4 is 15.2 Å². The van der Waals surface area contributed by atoms with Gasteiger partial charge in [0.05, 0.1) is 18.6 Å². The van der Waals surface area contributed by atoms with Crippen LogP contribution in [-0.2, 0) is 16.6 Å². The van der Waals surface area contributed by atoms with E-state index in [0.29, 0.717) is 23.9 Å². The minimum atomic E-state index is -3.28. The first-order valence-corrected chi connectivity index (χ1v) is 7.57. The molecule has 0 radical (unpaired) electrons. The molecule has 0 amide bonds. The smallest absolute Gasteiger partial charge is 0.233 e. The van der Waals surface area contributed by atoms with Crippen molar-refractivity contribution in [2.45, 2.75) is 19.4 Å². The van der Waals surface area contributed by atoms with E-state index in [1.54, 1.807) is 18.2 Å². The van der Waals surface area contributed by atoms with Gasteiger partial charge in [0.1, 0.15) is 5.75 Å². The molecule has 0 spiro atoms. The highest BCUT2D eigenvalue weighted by atomic mass is 32.2. The largest absolute Gasteiger partial charge is 0.495 e. The molecule has 0 aromatic heterocycles. The van der Waals surface area contributed by atoms with Crippen molar-refractivity contribution in [2.75, 3.05) is 17.6 Å². The molecule has 0 heterocycles. The number of benzene rings is 1. The van der Waals surface area contributed by atoms with Crippen LogP contribution in [0.1, 0.15) is 18.4 Å². The van der Waals surface area contributed by atoms with Crippen molar-refractivity contribution < 1.29 is 13.2 Å². The van der Waals surface area contributed by atoms with Gasteiger partial charge in [-0.3, -0.25) is 4.72 Å². The summed E-state index contributed by atoms with van der Waals surface area (Å²) >= 11 is 0. The number of sulfonamides is 1. The van der Waals surface area contributed by atoms with Crippen molar-refractivity contribution in [1.82, 2.24) is 0 Å². The van der Waals surface area contributed by atoms with Gasteiger partial charge in [-0.15, -0.1) is 0 Å². The molecule has 0 aliphatic heterocycles. The first-order chi connectivity index (χ1) is 8.54.